The highest BCUT2D eigenvalue weighted by molar-refractivity contribution is 6.17. The molecule has 0 saturated heterocycles. The summed E-state index contributed by atoms with van der Waals surface area (Å²) >= 11 is 5.90. The number of alkyl halides is 1. The normalized spacial score (nSPS) is 10.2. The summed E-state index contributed by atoms with van der Waals surface area (Å²) in [4.78, 5) is 0. The van der Waals surface area contributed by atoms with Gasteiger partial charge in [-0.25, -0.2) is 0 Å². The maximum atomic E-state index is 5.90. The van der Waals surface area contributed by atoms with E-state index >= 15 is 0 Å². The average molecular weight is 277 g/mol. The number of hydrogen-bond acceptors (Lipinski definition) is 2. The molecule has 0 atom stereocenters. The van der Waals surface area contributed by atoms with E-state index in [2.05, 4.69) is 0 Å². The van der Waals surface area contributed by atoms with E-state index in [0.717, 1.165) is 22.6 Å². The lowest BCUT2D eigenvalue weighted by molar-refractivity contribution is 0.215. The summed E-state index contributed by atoms with van der Waals surface area (Å²) in [7, 11) is 0. The standard InChI is InChI=1S/C16H17ClO2/c1-13-6-5-7-14(12-17)16(13)19-11-10-18-15-8-3-2-4-9-15/h2-9H,10-12H2,1H3. The Labute approximate surface area is 118 Å². The Morgan fingerprint density at radius 2 is 1.63 bits per heavy atom. The molecule has 0 spiro atoms. The Morgan fingerprint density at radius 1 is 0.895 bits per heavy atom. The molecule has 3 heteroatoms. The molecule has 0 aliphatic rings. The van der Waals surface area contributed by atoms with Crippen LogP contribution in [0.1, 0.15) is 11.1 Å². The van der Waals surface area contributed by atoms with Gasteiger partial charge in [-0.2, -0.15) is 0 Å². The lowest BCUT2D eigenvalue weighted by atomic mass is 10.1. The van der Waals surface area contributed by atoms with E-state index < -0.39 is 0 Å². The summed E-state index contributed by atoms with van der Waals surface area (Å²) < 4.78 is 11.4. The molecule has 0 aromatic heterocycles. The highest BCUT2D eigenvalue weighted by atomic mass is 35.5. The highest BCUT2D eigenvalue weighted by Gasteiger charge is 2.05. The predicted octanol–water partition coefficient (Wildman–Crippen LogP) is 4.19. The number of para-hydroxylation sites is 2. The average Bonchev–Trinajstić information content (AvgIpc) is 2.46. The molecule has 0 N–H and O–H groups in total. The van der Waals surface area contributed by atoms with Gasteiger partial charge in [-0.1, -0.05) is 36.4 Å². The van der Waals surface area contributed by atoms with E-state index in [9.17, 15) is 0 Å². The first-order valence-electron chi connectivity index (χ1n) is 6.26. The Hall–Kier alpha value is -1.67. The minimum atomic E-state index is 0.455. The summed E-state index contributed by atoms with van der Waals surface area (Å²) in [6, 6.07) is 15.7. The fraction of sp³-hybridized carbons (Fsp3) is 0.250. The van der Waals surface area contributed by atoms with E-state index in [1.807, 2.05) is 55.5 Å². The summed E-state index contributed by atoms with van der Waals surface area (Å²) in [5.74, 6) is 2.18. The maximum Gasteiger partial charge on any atom is 0.126 e. The van der Waals surface area contributed by atoms with Crippen molar-refractivity contribution < 1.29 is 9.47 Å². The Morgan fingerprint density at radius 3 is 2.37 bits per heavy atom. The third-order valence-corrected chi connectivity index (χ3v) is 3.07. The second kappa shape index (κ2) is 7.05. The van der Waals surface area contributed by atoms with Crippen molar-refractivity contribution in [3.8, 4) is 11.5 Å². The molecule has 2 nitrogen and oxygen atoms in total. The Kier molecular flexibility index (Phi) is 5.10. The highest BCUT2D eigenvalue weighted by Crippen LogP contribution is 2.24. The zero-order chi connectivity index (χ0) is 13.5. The fourth-order valence-corrected chi connectivity index (χ4v) is 2.06. The second-order valence-electron chi connectivity index (χ2n) is 4.21. The van der Waals surface area contributed by atoms with Gasteiger partial charge in [0.1, 0.15) is 24.7 Å². The molecule has 0 aliphatic carbocycles. The molecule has 2 rings (SSSR count). The number of rotatable bonds is 6. The Bertz CT molecular complexity index is 511. The van der Waals surface area contributed by atoms with Crippen LogP contribution in [0, 0.1) is 6.92 Å². The molecule has 2 aromatic carbocycles. The van der Waals surface area contributed by atoms with E-state index in [0.29, 0.717) is 19.1 Å². The zero-order valence-corrected chi connectivity index (χ0v) is 11.7. The maximum absolute atomic E-state index is 5.90. The van der Waals surface area contributed by atoms with Crippen LogP contribution in [-0.2, 0) is 5.88 Å². The van der Waals surface area contributed by atoms with Gasteiger partial charge in [-0.15, -0.1) is 11.6 Å². The van der Waals surface area contributed by atoms with E-state index in [4.69, 9.17) is 21.1 Å². The quantitative estimate of drug-likeness (QED) is 0.582. The molecule has 0 unspecified atom stereocenters. The van der Waals surface area contributed by atoms with Gasteiger partial charge in [0.25, 0.3) is 0 Å². The van der Waals surface area contributed by atoms with Crippen molar-refractivity contribution in [1.29, 1.82) is 0 Å². The van der Waals surface area contributed by atoms with Gasteiger partial charge in [0, 0.05) is 5.56 Å². The van der Waals surface area contributed by atoms with Crippen molar-refractivity contribution in [2.24, 2.45) is 0 Å². The third kappa shape index (κ3) is 3.90. The fourth-order valence-electron chi connectivity index (χ4n) is 1.84. The van der Waals surface area contributed by atoms with E-state index in [-0.39, 0.29) is 0 Å². The van der Waals surface area contributed by atoms with Crippen LogP contribution in [0.2, 0.25) is 0 Å². The van der Waals surface area contributed by atoms with Gasteiger partial charge in [-0.05, 0) is 24.6 Å². The van der Waals surface area contributed by atoms with Crippen molar-refractivity contribution >= 4 is 11.6 Å². The first-order chi connectivity index (χ1) is 9.31. The van der Waals surface area contributed by atoms with Crippen molar-refractivity contribution in [2.75, 3.05) is 13.2 Å². The number of benzene rings is 2. The van der Waals surface area contributed by atoms with Crippen LogP contribution >= 0.6 is 11.6 Å². The van der Waals surface area contributed by atoms with Gasteiger partial charge in [0.2, 0.25) is 0 Å². The van der Waals surface area contributed by atoms with Gasteiger partial charge >= 0.3 is 0 Å². The first-order valence-corrected chi connectivity index (χ1v) is 6.80. The molecule has 0 radical (unpaired) electrons. The summed E-state index contributed by atoms with van der Waals surface area (Å²) in [6.45, 7) is 3.03. The molecular formula is C16H17ClO2. The summed E-state index contributed by atoms with van der Waals surface area (Å²) in [6.07, 6.45) is 0. The monoisotopic (exact) mass is 276 g/mol. The molecule has 0 fully saturated rings. The Balaban J connectivity index is 1.86. The molecule has 100 valence electrons. The van der Waals surface area contributed by atoms with Gasteiger partial charge < -0.3 is 9.47 Å². The predicted molar refractivity (Wildman–Crippen MR) is 78.2 cm³/mol. The van der Waals surface area contributed by atoms with Crippen LogP contribution in [0.25, 0.3) is 0 Å². The zero-order valence-electron chi connectivity index (χ0n) is 10.9. The minimum Gasteiger partial charge on any atom is -0.490 e. The largest absolute Gasteiger partial charge is 0.490 e. The number of hydrogen-bond donors (Lipinski definition) is 0. The molecule has 19 heavy (non-hydrogen) atoms. The third-order valence-electron chi connectivity index (χ3n) is 2.78. The van der Waals surface area contributed by atoms with Crippen LogP contribution in [0.15, 0.2) is 48.5 Å². The summed E-state index contributed by atoms with van der Waals surface area (Å²) in [5.41, 5.74) is 2.11. The van der Waals surface area contributed by atoms with Crippen LogP contribution in [0.3, 0.4) is 0 Å². The van der Waals surface area contributed by atoms with Crippen molar-refractivity contribution in [3.05, 3.63) is 59.7 Å². The van der Waals surface area contributed by atoms with Gasteiger partial charge in [-0.3, -0.25) is 0 Å². The molecule has 0 heterocycles. The lowest BCUT2D eigenvalue weighted by Crippen LogP contribution is -2.10. The molecule has 0 bridgehead atoms. The topological polar surface area (TPSA) is 18.5 Å². The number of aryl methyl sites for hydroxylation is 1. The van der Waals surface area contributed by atoms with E-state index in [1.54, 1.807) is 0 Å². The molecular weight excluding hydrogens is 260 g/mol. The smallest absolute Gasteiger partial charge is 0.126 e. The molecule has 0 saturated carbocycles. The minimum absolute atomic E-state index is 0.455. The van der Waals surface area contributed by atoms with Crippen LogP contribution in [0.5, 0.6) is 11.5 Å². The lowest BCUT2D eigenvalue weighted by Gasteiger charge is -2.13. The first kappa shape index (κ1) is 13.8. The van der Waals surface area contributed by atoms with Crippen molar-refractivity contribution in [2.45, 2.75) is 12.8 Å². The van der Waals surface area contributed by atoms with Crippen LogP contribution in [-0.4, -0.2) is 13.2 Å². The van der Waals surface area contributed by atoms with Crippen LogP contribution < -0.4 is 9.47 Å². The second-order valence-corrected chi connectivity index (χ2v) is 4.47. The van der Waals surface area contributed by atoms with Gasteiger partial charge in [0.15, 0.2) is 0 Å². The number of halogens is 1. The number of ether oxygens (including phenoxy) is 2. The molecule has 0 aliphatic heterocycles. The van der Waals surface area contributed by atoms with Crippen molar-refractivity contribution in [3.63, 3.8) is 0 Å². The van der Waals surface area contributed by atoms with E-state index in [1.165, 1.54) is 0 Å². The molecule has 2 aromatic rings. The summed E-state index contributed by atoms with van der Waals surface area (Å²) in [5, 5.41) is 0. The van der Waals surface area contributed by atoms with Crippen molar-refractivity contribution in [1.82, 2.24) is 0 Å². The van der Waals surface area contributed by atoms with Gasteiger partial charge in [0.05, 0.1) is 5.88 Å². The SMILES string of the molecule is Cc1cccc(CCl)c1OCCOc1ccccc1. The van der Waals surface area contributed by atoms with Crippen LogP contribution in [0.4, 0.5) is 0 Å². The molecule has 0 amide bonds.